The van der Waals surface area contributed by atoms with E-state index < -0.39 is 8.24 Å². The summed E-state index contributed by atoms with van der Waals surface area (Å²) in [6.07, 6.45) is 9.20. The molecular formula is C15H31NSi. The molecule has 2 heteroatoms. The van der Waals surface area contributed by atoms with Gasteiger partial charge in [0.2, 0.25) is 0 Å². The van der Waals surface area contributed by atoms with Crippen molar-refractivity contribution in [2.75, 3.05) is 6.54 Å². The predicted octanol–water partition coefficient (Wildman–Crippen LogP) is 4.81. The Bertz CT molecular complexity index is 246. The number of hydrogen-bond acceptors (Lipinski definition) is 1. The van der Waals surface area contributed by atoms with Crippen molar-refractivity contribution in [3.63, 3.8) is 0 Å². The molecule has 17 heavy (non-hydrogen) atoms. The molecule has 1 nitrogen and oxygen atoms in total. The molecule has 1 aliphatic carbocycles. The quantitative estimate of drug-likeness (QED) is 0.513. The molecule has 1 saturated carbocycles. The van der Waals surface area contributed by atoms with E-state index in [4.69, 9.17) is 0 Å². The molecule has 0 spiro atoms. The highest BCUT2D eigenvalue weighted by atomic mass is 28.3. The fraction of sp³-hybridized carbons (Fsp3) is 0.867. The molecule has 0 unspecified atom stereocenters. The Morgan fingerprint density at radius 1 is 1.18 bits per heavy atom. The topological polar surface area (TPSA) is 3.24 Å². The van der Waals surface area contributed by atoms with E-state index in [1.54, 1.807) is 0 Å². The van der Waals surface area contributed by atoms with Crippen LogP contribution in [0.15, 0.2) is 12.7 Å². The van der Waals surface area contributed by atoms with Crippen molar-refractivity contribution in [3.8, 4) is 0 Å². The highest BCUT2D eigenvalue weighted by Gasteiger charge is 2.43. The van der Waals surface area contributed by atoms with Gasteiger partial charge in [0.1, 0.15) is 8.24 Å². The first-order valence-corrected chi connectivity index (χ1v) is 10.1. The largest absolute Gasteiger partial charge is 0.317 e. The highest BCUT2D eigenvalue weighted by Crippen LogP contribution is 2.41. The van der Waals surface area contributed by atoms with E-state index in [-0.39, 0.29) is 0 Å². The minimum Gasteiger partial charge on any atom is -0.317 e. The minimum absolute atomic E-state index is 0.438. The Hall–Kier alpha value is -0.0831. The fourth-order valence-corrected chi connectivity index (χ4v) is 5.41. The van der Waals surface area contributed by atoms with Gasteiger partial charge < -0.3 is 4.57 Å². The fourth-order valence-electron chi connectivity index (χ4n) is 2.80. The Labute approximate surface area is 109 Å². The second-order valence-corrected chi connectivity index (χ2v) is 12.2. The van der Waals surface area contributed by atoms with Crippen LogP contribution in [0.1, 0.15) is 52.9 Å². The van der Waals surface area contributed by atoms with Crippen LogP contribution in [-0.2, 0) is 0 Å². The van der Waals surface area contributed by atoms with Crippen molar-refractivity contribution in [2.24, 2.45) is 0 Å². The first-order valence-electron chi connectivity index (χ1n) is 7.18. The molecule has 0 aromatic carbocycles. The Morgan fingerprint density at radius 3 is 2.12 bits per heavy atom. The van der Waals surface area contributed by atoms with Crippen LogP contribution >= 0.6 is 0 Å². The predicted molar refractivity (Wildman–Crippen MR) is 81.0 cm³/mol. The molecule has 0 aliphatic heterocycles. The van der Waals surface area contributed by atoms with Crippen LogP contribution < -0.4 is 0 Å². The zero-order chi connectivity index (χ0) is 13.1. The van der Waals surface area contributed by atoms with E-state index in [0.29, 0.717) is 5.04 Å². The molecule has 0 N–H and O–H groups in total. The average molecular weight is 254 g/mol. The van der Waals surface area contributed by atoms with Gasteiger partial charge >= 0.3 is 0 Å². The van der Waals surface area contributed by atoms with Gasteiger partial charge in [0.05, 0.1) is 0 Å². The maximum Gasteiger partial charge on any atom is 0.128 e. The van der Waals surface area contributed by atoms with Gasteiger partial charge in [-0.25, -0.2) is 0 Å². The lowest BCUT2D eigenvalue weighted by Crippen LogP contribution is -2.59. The molecule has 0 aromatic heterocycles. The van der Waals surface area contributed by atoms with E-state index >= 15 is 0 Å². The SMILES string of the molecule is C=CCN(C1CCCCC1)[Si](C)(C)C(C)(C)C. The first-order chi connectivity index (χ1) is 7.80. The van der Waals surface area contributed by atoms with E-state index in [1.165, 1.54) is 32.1 Å². The van der Waals surface area contributed by atoms with Gasteiger partial charge in [0.15, 0.2) is 0 Å². The molecule has 0 radical (unpaired) electrons. The van der Waals surface area contributed by atoms with Gasteiger partial charge in [-0.05, 0) is 17.9 Å². The smallest absolute Gasteiger partial charge is 0.128 e. The molecule has 1 aliphatic rings. The summed E-state index contributed by atoms with van der Waals surface area (Å²) in [4.78, 5) is 0. The zero-order valence-corrected chi connectivity index (χ0v) is 13.6. The molecule has 0 aromatic rings. The van der Waals surface area contributed by atoms with E-state index in [2.05, 4.69) is 51.1 Å². The maximum absolute atomic E-state index is 3.97. The molecule has 0 heterocycles. The second kappa shape index (κ2) is 5.70. The van der Waals surface area contributed by atoms with Gasteiger partial charge in [-0.3, -0.25) is 0 Å². The van der Waals surface area contributed by atoms with Crippen LogP contribution in [0.4, 0.5) is 0 Å². The summed E-state index contributed by atoms with van der Waals surface area (Å²) in [7, 11) is -1.38. The molecular weight excluding hydrogens is 222 g/mol. The monoisotopic (exact) mass is 253 g/mol. The molecule has 0 amide bonds. The lowest BCUT2D eigenvalue weighted by Gasteiger charge is -2.50. The third-order valence-corrected chi connectivity index (χ3v) is 10.5. The normalized spacial score (nSPS) is 19.6. The summed E-state index contributed by atoms with van der Waals surface area (Å²) in [5.74, 6) is 0. The van der Waals surface area contributed by atoms with Crippen molar-refractivity contribution in [1.29, 1.82) is 0 Å². The summed E-state index contributed by atoms with van der Waals surface area (Å²) in [5, 5.41) is 0.438. The lowest BCUT2D eigenvalue weighted by molar-refractivity contribution is 0.254. The Balaban J connectivity index is 2.86. The van der Waals surface area contributed by atoms with Crippen LogP contribution in [0.2, 0.25) is 18.1 Å². The number of rotatable bonds is 4. The summed E-state index contributed by atoms with van der Waals surface area (Å²) in [6.45, 7) is 17.4. The Kier molecular flexibility index (Phi) is 5.03. The third kappa shape index (κ3) is 3.44. The van der Waals surface area contributed by atoms with Gasteiger partial charge in [-0.1, -0.05) is 59.2 Å². The van der Waals surface area contributed by atoms with Crippen molar-refractivity contribution >= 4 is 8.24 Å². The van der Waals surface area contributed by atoms with Gasteiger partial charge in [-0.15, -0.1) is 6.58 Å². The Morgan fingerprint density at radius 2 is 1.71 bits per heavy atom. The molecule has 100 valence electrons. The standard InChI is InChI=1S/C15H31NSi/c1-7-13-16(14-11-9-8-10-12-14)17(5,6)15(2,3)4/h7,14H,1,8-13H2,2-6H3. The van der Waals surface area contributed by atoms with Crippen LogP contribution in [0.25, 0.3) is 0 Å². The second-order valence-electron chi connectivity index (χ2n) is 7.04. The van der Waals surface area contributed by atoms with Gasteiger partial charge in [0.25, 0.3) is 0 Å². The van der Waals surface area contributed by atoms with Gasteiger partial charge in [0, 0.05) is 12.6 Å². The van der Waals surface area contributed by atoms with Crippen molar-refractivity contribution in [3.05, 3.63) is 12.7 Å². The van der Waals surface area contributed by atoms with Crippen LogP contribution in [-0.4, -0.2) is 25.4 Å². The zero-order valence-electron chi connectivity index (χ0n) is 12.6. The highest BCUT2D eigenvalue weighted by molar-refractivity contribution is 6.77. The maximum atomic E-state index is 3.97. The first kappa shape index (κ1) is 15.0. The molecule has 0 atom stereocenters. The third-order valence-electron chi connectivity index (χ3n) is 4.89. The van der Waals surface area contributed by atoms with Crippen LogP contribution in [0.3, 0.4) is 0 Å². The lowest BCUT2D eigenvalue weighted by atomic mass is 9.95. The summed E-state index contributed by atoms with van der Waals surface area (Å²) in [6, 6.07) is 0.822. The van der Waals surface area contributed by atoms with Crippen molar-refractivity contribution in [1.82, 2.24) is 4.57 Å². The van der Waals surface area contributed by atoms with Crippen molar-refractivity contribution in [2.45, 2.75) is 77.0 Å². The molecule has 0 saturated heterocycles. The number of hydrogen-bond donors (Lipinski definition) is 0. The van der Waals surface area contributed by atoms with E-state index in [0.717, 1.165) is 12.6 Å². The van der Waals surface area contributed by atoms with Crippen molar-refractivity contribution < 1.29 is 0 Å². The molecule has 0 bridgehead atoms. The van der Waals surface area contributed by atoms with Crippen LogP contribution in [0, 0.1) is 0 Å². The molecule has 1 fully saturated rings. The summed E-state index contributed by atoms with van der Waals surface area (Å²) < 4.78 is 2.83. The van der Waals surface area contributed by atoms with Crippen LogP contribution in [0.5, 0.6) is 0 Å². The van der Waals surface area contributed by atoms with E-state index in [1.807, 2.05) is 0 Å². The number of nitrogens with zero attached hydrogens (tertiary/aromatic N) is 1. The average Bonchev–Trinajstić information content (AvgIpc) is 2.25. The summed E-state index contributed by atoms with van der Waals surface area (Å²) in [5.41, 5.74) is 0. The summed E-state index contributed by atoms with van der Waals surface area (Å²) >= 11 is 0. The van der Waals surface area contributed by atoms with E-state index in [9.17, 15) is 0 Å². The minimum atomic E-state index is -1.38. The van der Waals surface area contributed by atoms with Gasteiger partial charge in [-0.2, -0.15) is 0 Å². The molecule has 1 rings (SSSR count).